The highest BCUT2D eigenvalue weighted by molar-refractivity contribution is 8.01. The van der Waals surface area contributed by atoms with Crippen molar-refractivity contribution in [3.05, 3.63) is 18.3 Å². The SMILES string of the molecule is Cc1nc(N)sc1SCCCn1cnc2c(N)ncnc21. The third kappa shape index (κ3) is 2.93. The maximum absolute atomic E-state index is 5.77. The van der Waals surface area contributed by atoms with Crippen molar-refractivity contribution in [3.63, 3.8) is 0 Å². The van der Waals surface area contributed by atoms with Crippen molar-refractivity contribution in [1.82, 2.24) is 24.5 Å². The lowest BCUT2D eigenvalue weighted by atomic mass is 10.4. The van der Waals surface area contributed by atoms with Crippen molar-refractivity contribution >= 4 is 45.2 Å². The van der Waals surface area contributed by atoms with E-state index in [2.05, 4.69) is 19.9 Å². The summed E-state index contributed by atoms with van der Waals surface area (Å²) < 4.78 is 3.19. The van der Waals surface area contributed by atoms with E-state index >= 15 is 0 Å². The summed E-state index contributed by atoms with van der Waals surface area (Å²) in [6.45, 7) is 2.82. The molecule has 0 aliphatic heterocycles. The second-order valence-corrected chi connectivity index (χ2v) is 6.89. The summed E-state index contributed by atoms with van der Waals surface area (Å²) in [5.74, 6) is 1.41. The summed E-state index contributed by atoms with van der Waals surface area (Å²) in [7, 11) is 0. The van der Waals surface area contributed by atoms with Gasteiger partial charge in [-0.15, -0.1) is 11.8 Å². The van der Waals surface area contributed by atoms with E-state index in [9.17, 15) is 0 Å². The molecule has 110 valence electrons. The Hall–Kier alpha value is -1.87. The second-order valence-electron chi connectivity index (χ2n) is 4.50. The van der Waals surface area contributed by atoms with E-state index in [1.807, 2.05) is 11.5 Å². The average molecular weight is 321 g/mol. The fourth-order valence-corrected chi connectivity index (χ4v) is 4.02. The maximum Gasteiger partial charge on any atom is 0.181 e. The molecule has 0 saturated heterocycles. The zero-order chi connectivity index (χ0) is 14.8. The van der Waals surface area contributed by atoms with Gasteiger partial charge in [0, 0.05) is 12.3 Å². The first-order chi connectivity index (χ1) is 10.1. The second kappa shape index (κ2) is 5.86. The Balaban J connectivity index is 1.60. The van der Waals surface area contributed by atoms with E-state index in [1.165, 1.54) is 10.5 Å². The van der Waals surface area contributed by atoms with Crippen LogP contribution in [0.3, 0.4) is 0 Å². The number of thioether (sulfide) groups is 1. The standard InChI is InChI=1S/C12H15N7S2/c1-7-11(21-12(14)18-7)20-4-2-3-19-6-17-8-9(13)15-5-16-10(8)19/h5-6H,2-4H2,1H3,(H2,14,18)(H2,13,15,16). The number of nitrogens with zero attached hydrogens (tertiary/aromatic N) is 5. The van der Waals surface area contributed by atoms with Crippen LogP contribution in [-0.2, 0) is 6.54 Å². The van der Waals surface area contributed by atoms with Gasteiger partial charge in [0.1, 0.15) is 11.8 Å². The highest BCUT2D eigenvalue weighted by atomic mass is 32.2. The van der Waals surface area contributed by atoms with Crippen LogP contribution in [0.2, 0.25) is 0 Å². The van der Waals surface area contributed by atoms with Crippen molar-refractivity contribution in [2.45, 2.75) is 24.1 Å². The lowest BCUT2D eigenvalue weighted by Gasteiger charge is -2.03. The largest absolute Gasteiger partial charge is 0.382 e. The number of imidazole rings is 1. The summed E-state index contributed by atoms with van der Waals surface area (Å²) >= 11 is 3.32. The van der Waals surface area contributed by atoms with Crippen LogP contribution in [0.4, 0.5) is 10.9 Å². The molecule has 9 heteroatoms. The van der Waals surface area contributed by atoms with Gasteiger partial charge in [0.15, 0.2) is 16.6 Å². The van der Waals surface area contributed by atoms with E-state index in [0.717, 1.165) is 30.1 Å². The van der Waals surface area contributed by atoms with E-state index in [-0.39, 0.29) is 0 Å². The lowest BCUT2D eigenvalue weighted by Crippen LogP contribution is -2.00. The van der Waals surface area contributed by atoms with Gasteiger partial charge in [-0.3, -0.25) is 0 Å². The van der Waals surface area contributed by atoms with Crippen LogP contribution in [0.25, 0.3) is 11.2 Å². The number of nitrogen functional groups attached to an aromatic ring is 2. The molecule has 3 aromatic rings. The van der Waals surface area contributed by atoms with E-state index in [0.29, 0.717) is 16.5 Å². The van der Waals surface area contributed by atoms with Gasteiger partial charge in [0.05, 0.1) is 16.2 Å². The molecule has 0 aromatic carbocycles. The van der Waals surface area contributed by atoms with Gasteiger partial charge in [-0.05, 0) is 13.3 Å². The third-order valence-corrected chi connectivity index (χ3v) is 5.41. The minimum absolute atomic E-state index is 0.420. The Morgan fingerprint density at radius 3 is 2.90 bits per heavy atom. The molecule has 3 rings (SSSR count). The number of aromatic nitrogens is 5. The summed E-state index contributed by atoms with van der Waals surface area (Å²) in [5.41, 5.74) is 13.9. The van der Waals surface area contributed by atoms with Crippen molar-refractivity contribution in [1.29, 1.82) is 0 Å². The lowest BCUT2D eigenvalue weighted by molar-refractivity contribution is 0.696. The molecule has 7 nitrogen and oxygen atoms in total. The number of hydrogen-bond donors (Lipinski definition) is 2. The number of thiazole rings is 1. The first-order valence-electron chi connectivity index (χ1n) is 6.42. The summed E-state index contributed by atoms with van der Waals surface area (Å²) in [6, 6.07) is 0. The predicted octanol–water partition coefficient (Wildman–Crippen LogP) is 1.94. The molecule has 0 saturated carbocycles. The van der Waals surface area contributed by atoms with Crippen LogP contribution in [0, 0.1) is 6.92 Å². The molecule has 0 bridgehead atoms. The number of hydrogen-bond acceptors (Lipinski definition) is 8. The third-order valence-electron chi connectivity index (χ3n) is 2.98. The molecular formula is C12H15N7S2. The molecule has 0 aliphatic carbocycles. The Bertz CT molecular complexity index is 764. The zero-order valence-electron chi connectivity index (χ0n) is 11.5. The molecule has 0 spiro atoms. The average Bonchev–Trinajstić information content (AvgIpc) is 3.00. The number of nitrogens with two attached hydrogens (primary N) is 2. The van der Waals surface area contributed by atoms with Gasteiger partial charge >= 0.3 is 0 Å². The quantitative estimate of drug-likeness (QED) is 0.546. The van der Waals surface area contributed by atoms with Gasteiger partial charge in [0.2, 0.25) is 0 Å². The molecular weight excluding hydrogens is 306 g/mol. The molecule has 4 N–H and O–H groups in total. The maximum atomic E-state index is 5.77. The molecule has 0 fully saturated rings. The van der Waals surface area contributed by atoms with Crippen LogP contribution < -0.4 is 11.5 Å². The molecule has 0 aliphatic rings. The minimum Gasteiger partial charge on any atom is -0.382 e. The van der Waals surface area contributed by atoms with Crippen LogP contribution in [0.1, 0.15) is 12.1 Å². The van der Waals surface area contributed by atoms with E-state index in [1.54, 1.807) is 29.4 Å². The summed E-state index contributed by atoms with van der Waals surface area (Å²) in [5, 5.41) is 0.628. The highest BCUT2D eigenvalue weighted by Gasteiger charge is 2.08. The summed E-state index contributed by atoms with van der Waals surface area (Å²) in [6.07, 6.45) is 4.22. The molecule has 0 unspecified atom stereocenters. The zero-order valence-corrected chi connectivity index (χ0v) is 13.1. The van der Waals surface area contributed by atoms with Crippen molar-refractivity contribution in [2.24, 2.45) is 0 Å². The van der Waals surface area contributed by atoms with Crippen molar-refractivity contribution in [2.75, 3.05) is 17.2 Å². The van der Waals surface area contributed by atoms with Crippen LogP contribution in [-0.4, -0.2) is 30.3 Å². The molecule has 0 amide bonds. The monoisotopic (exact) mass is 321 g/mol. The molecule has 3 heterocycles. The Kier molecular flexibility index (Phi) is 3.93. The summed E-state index contributed by atoms with van der Waals surface area (Å²) in [4.78, 5) is 16.6. The van der Waals surface area contributed by atoms with Gasteiger partial charge in [0.25, 0.3) is 0 Å². The minimum atomic E-state index is 0.420. The number of fused-ring (bicyclic) bond motifs is 1. The topological polar surface area (TPSA) is 109 Å². The Morgan fingerprint density at radius 1 is 1.29 bits per heavy atom. The number of rotatable bonds is 5. The smallest absolute Gasteiger partial charge is 0.181 e. The van der Waals surface area contributed by atoms with Crippen LogP contribution >= 0.6 is 23.1 Å². The number of anilines is 2. The van der Waals surface area contributed by atoms with Gasteiger partial charge in [-0.25, -0.2) is 19.9 Å². The van der Waals surface area contributed by atoms with Crippen LogP contribution in [0.15, 0.2) is 16.9 Å². The number of aryl methyl sites for hydroxylation is 2. The van der Waals surface area contributed by atoms with E-state index in [4.69, 9.17) is 11.5 Å². The van der Waals surface area contributed by atoms with Gasteiger partial charge < -0.3 is 16.0 Å². The molecule has 3 aromatic heterocycles. The fraction of sp³-hybridized carbons (Fsp3) is 0.333. The van der Waals surface area contributed by atoms with Gasteiger partial charge in [-0.2, -0.15) is 0 Å². The Morgan fingerprint density at radius 2 is 2.14 bits per heavy atom. The van der Waals surface area contributed by atoms with E-state index < -0.39 is 0 Å². The normalized spacial score (nSPS) is 11.3. The van der Waals surface area contributed by atoms with Crippen molar-refractivity contribution < 1.29 is 0 Å². The van der Waals surface area contributed by atoms with Crippen molar-refractivity contribution in [3.8, 4) is 0 Å². The first-order valence-corrected chi connectivity index (χ1v) is 8.22. The van der Waals surface area contributed by atoms with Gasteiger partial charge in [-0.1, -0.05) is 11.3 Å². The fourth-order valence-electron chi connectivity index (χ4n) is 2.00. The highest BCUT2D eigenvalue weighted by Crippen LogP contribution is 2.30. The van der Waals surface area contributed by atoms with Crippen LogP contribution in [0.5, 0.6) is 0 Å². The molecule has 21 heavy (non-hydrogen) atoms. The first kappa shape index (κ1) is 14.1. The predicted molar refractivity (Wildman–Crippen MR) is 86.3 cm³/mol. The molecule has 0 radical (unpaired) electrons. The Labute approximate surface area is 129 Å². The molecule has 0 atom stereocenters.